The summed E-state index contributed by atoms with van der Waals surface area (Å²) in [5, 5.41) is 3.48. The molecule has 5 heteroatoms. The average molecular weight is 339 g/mol. The summed E-state index contributed by atoms with van der Waals surface area (Å²) in [5.74, 6) is 2.29. The SMILES string of the molecule is CC(C)Oc1ccccc1C(=O)N1CC[C@@H]2CNC[C@@H]2CC1.Cl. The second-order valence-corrected chi connectivity index (χ2v) is 6.71. The third kappa shape index (κ3) is 4.18. The molecule has 0 spiro atoms. The van der Waals surface area contributed by atoms with Crippen molar-refractivity contribution >= 4 is 18.3 Å². The molecule has 1 aromatic carbocycles. The number of likely N-dealkylation sites (tertiary alicyclic amines) is 1. The maximum Gasteiger partial charge on any atom is 0.257 e. The summed E-state index contributed by atoms with van der Waals surface area (Å²) in [7, 11) is 0. The molecular weight excluding hydrogens is 312 g/mol. The monoisotopic (exact) mass is 338 g/mol. The van der Waals surface area contributed by atoms with Gasteiger partial charge in [0.1, 0.15) is 5.75 Å². The van der Waals surface area contributed by atoms with Crippen LogP contribution in [0, 0.1) is 11.8 Å². The van der Waals surface area contributed by atoms with Crippen LogP contribution in [0.3, 0.4) is 0 Å². The zero-order valence-electron chi connectivity index (χ0n) is 14.0. The molecule has 2 aliphatic heterocycles. The van der Waals surface area contributed by atoms with Crippen LogP contribution < -0.4 is 10.1 Å². The van der Waals surface area contributed by atoms with Gasteiger partial charge in [-0.25, -0.2) is 0 Å². The number of rotatable bonds is 3. The summed E-state index contributed by atoms with van der Waals surface area (Å²) >= 11 is 0. The lowest BCUT2D eigenvalue weighted by Crippen LogP contribution is -2.33. The fourth-order valence-electron chi connectivity index (χ4n) is 3.59. The van der Waals surface area contributed by atoms with Gasteiger partial charge >= 0.3 is 0 Å². The second kappa shape index (κ2) is 8.02. The molecule has 0 unspecified atom stereocenters. The third-order valence-corrected chi connectivity index (χ3v) is 4.79. The lowest BCUT2D eigenvalue weighted by molar-refractivity contribution is 0.0752. The van der Waals surface area contributed by atoms with E-state index in [-0.39, 0.29) is 24.4 Å². The highest BCUT2D eigenvalue weighted by atomic mass is 35.5. The Hall–Kier alpha value is -1.26. The number of nitrogens with zero attached hydrogens (tertiary/aromatic N) is 1. The van der Waals surface area contributed by atoms with E-state index in [0.29, 0.717) is 11.3 Å². The number of carbonyl (C=O) groups excluding carboxylic acids is 1. The number of para-hydroxylation sites is 1. The molecular formula is C18H27ClN2O2. The molecule has 2 atom stereocenters. The molecule has 4 nitrogen and oxygen atoms in total. The Bertz CT molecular complexity index is 522. The molecule has 1 amide bonds. The van der Waals surface area contributed by atoms with Crippen molar-refractivity contribution < 1.29 is 9.53 Å². The van der Waals surface area contributed by atoms with Crippen LogP contribution >= 0.6 is 12.4 Å². The van der Waals surface area contributed by atoms with E-state index in [1.165, 1.54) is 0 Å². The molecule has 1 N–H and O–H groups in total. The van der Waals surface area contributed by atoms with Crippen LogP contribution in [0.4, 0.5) is 0 Å². The van der Waals surface area contributed by atoms with Crippen LogP contribution in [0.1, 0.15) is 37.0 Å². The smallest absolute Gasteiger partial charge is 0.257 e. The minimum absolute atomic E-state index is 0. The normalized spacial score (nSPS) is 23.9. The van der Waals surface area contributed by atoms with E-state index in [1.807, 2.05) is 43.0 Å². The molecule has 0 radical (unpaired) electrons. The summed E-state index contributed by atoms with van der Waals surface area (Å²) in [6, 6.07) is 7.61. The van der Waals surface area contributed by atoms with Gasteiger partial charge in [-0.2, -0.15) is 0 Å². The van der Waals surface area contributed by atoms with Gasteiger partial charge in [0, 0.05) is 13.1 Å². The van der Waals surface area contributed by atoms with Crippen molar-refractivity contribution in [3.63, 3.8) is 0 Å². The van der Waals surface area contributed by atoms with Crippen LogP contribution in [-0.4, -0.2) is 43.1 Å². The van der Waals surface area contributed by atoms with Gasteiger partial charge in [-0.15, -0.1) is 12.4 Å². The van der Waals surface area contributed by atoms with Gasteiger partial charge in [-0.1, -0.05) is 12.1 Å². The van der Waals surface area contributed by atoms with Gasteiger partial charge in [0.25, 0.3) is 5.91 Å². The molecule has 23 heavy (non-hydrogen) atoms. The zero-order valence-corrected chi connectivity index (χ0v) is 14.8. The van der Waals surface area contributed by atoms with Gasteiger partial charge in [0.15, 0.2) is 0 Å². The number of fused-ring (bicyclic) bond motifs is 1. The van der Waals surface area contributed by atoms with Crippen molar-refractivity contribution in [1.82, 2.24) is 10.2 Å². The Kier molecular flexibility index (Phi) is 6.31. The number of benzene rings is 1. The summed E-state index contributed by atoms with van der Waals surface area (Å²) in [6.07, 6.45) is 2.29. The zero-order chi connectivity index (χ0) is 15.5. The second-order valence-electron chi connectivity index (χ2n) is 6.71. The lowest BCUT2D eigenvalue weighted by Gasteiger charge is -2.23. The van der Waals surface area contributed by atoms with Crippen molar-refractivity contribution in [3.8, 4) is 5.75 Å². The molecule has 0 aromatic heterocycles. The molecule has 2 aliphatic rings. The average Bonchev–Trinajstić information content (AvgIpc) is 2.85. The van der Waals surface area contributed by atoms with E-state index in [1.54, 1.807) is 0 Å². The van der Waals surface area contributed by atoms with Crippen LogP contribution in [0.25, 0.3) is 0 Å². The Morgan fingerprint density at radius 1 is 1.17 bits per heavy atom. The Morgan fingerprint density at radius 3 is 2.39 bits per heavy atom. The first-order chi connectivity index (χ1) is 10.6. The number of carbonyl (C=O) groups is 1. The van der Waals surface area contributed by atoms with Crippen LogP contribution in [0.15, 0.2) is 24.3 Å². The Labute approximate surface area is 145 Å². The fourth-order valence-corrected chi connectivity index (χ4v) is 3.59. The summed E-state index contributed by atoms with van der Waals surface area (Å²) in [5.41, 5.74) is 0.696. The maximum atomic E-state index is 12.9. The molecule has 0 bridgehead atoms. The fraction of sp³-hybridized carbons (Fsp3) is 0.611. The number of hydrogen-bond acceptors (Lipinski definition) is 3. The van der Waals surface area contributed by atoms with Gasteiger partial charge in [-0.05, 0) is 63.7 Å². The Balaban J connectivity index is 0.00000192. The summed E-state index contributed by atoms with van der Waals surface area (Å²) in [4.78, 5) is 14.9. The first-order valence-corrected chi connectivity index (χ1v) is 8.41. The van der Waals surface area contributed by atoms with E-state index in [0.717, 1.165) is 50.9 Å². The van der Waals surface area contributed by atoms with E-state index < -0.39 is 0 Å². The van der Waals surface area contributed by atoms with E-state index >= 15 is 0 Å². The van der Waals surface area contributed by atoms with E-state index in [4.69, 9.17) is 4.74 Å². The number of nitrogens with one attached hydrogen (secondary N) is 1. The molecule has 1 aromatic rings. The summed E-state index contributed by atoms with van der Waals surface area (Å²) < 4.78 is 5.81. The highest BCUT2D eigenvalue weighted by Crippen LogP contribution is 2.29. The largest absolute Gasteiger partial charge is 0.490 e. The Morgan fingerprint density at radius 2 is 1.78 bits per heavy atom. The number of hydrogen-bond donors (Lipinski definition) is 1. The van der Waals surface area contributed by atoms with Crippen molar-refractivity contribution in [2.45, 2.75) is 32.8 Å². The minimum Gasteiger partial charge on any atom is -0.490 e. The lowest BCUT2D eigenvalue weighted by atomic mass is 9.92. The van der Waals surface area contributed by atoms with Crippen molar-refractivity contribution in [2.24, 2.45) is 11.8 Å². The van der Waals surface area contributed by atoms with Gasteiger partial charge in [-0.3, -0.25) is 4.79 Å². The highest BCUT2D eigenvalue weighted by molar-refractivity contribution is 5.97. The van der Waals surface area contributed by atoms with Crippen LogP contribution in [0.2, 0.25) is 0 Å². The number of halogens is 1. The first kappa shape index (κ1) is 18.1. The molecule has 128 valence electrons. The van der Waals surface area contributed by atoms with E-state index in [9.17, 15) is 4.79 Å². The summed E-state index contributed by atoms with van der Waals surface area (Å²) in [6.45, 7) is 7.91. The van der Waals surface area contributed by atoms with Crippen LogP contribution in [-0.2, 0) is 0 Å². The van der Waals surface area contributed by atoms with E-state index in [2.05, 4.69) is 5.32 Å². The molecule has 2 fully saturated rings. The van der Waals surface area contributed by atoms with Gasteiger partial charge in [0.05, 0.1) is 11.7 Å². The molecule has 2 saturated heterocycles. The van der Waals surface area contributed by atoms with Gasteiger partial charge in [0.2, 0.25) is 0 Å². The third-order valence-electron chi connectivity index (χ3n) is 4.79. The molecule has 3 rings (SSSR count). The maximum absolute atomic E-state index is 12.9. The molecule has 0 aliphatic carbocycles. The number of amides is 1. The van der Waals surface area contributed by atoms with Crippen molar-refractivity contribution in [1.29, 1.82) is 0 Å². The highest BCUT2D eigenvalue weighted by Gasteiger charge is 2.32. The van der Waals surface area contributed by atoms with Crippen molar-refractivity contribution in [3.05, 3.63) is 29.8 Å². The van der Waals surface area contributed by atoms with Gasteiger partial charge < -0.3 is 15.0 Å². The number of ether oxygens (including phenoxy) is 1. The first-order valence-electron chi connectivity index (χ1n) is 8.41. The quantitative estimate of drug-likeness (QED) is 0.921. The molecule has 2 heterocycles. The topological polar surface area (TPSA) is 41.6 Å². The predicted molar refractivity (Wildman–Crippen MR) is 94.4 cm³/mol. The standard InChI is InChI=1S/C18H26N2O2.ClH/c1-13(2)22-17-6-4-3-5-16(17)18(21)20-9-7-14-11-19-12-15(14)8-10-20;/h3-6,13-15,19H,7-12H2,1-2H3;1H/t14-,15+;. The minimum atomic E-state index is 0. The van der Waals surface area contributed by atoms with Crippen LogP contribution in [0.5, 0.6) is 5.75 Å². The predicted octanol–water partition coefficient (Wildman–Crippen LogP) is 2.97. The molecule has 0 saturated carbocycles. The van der Waals surface area contributed by atoms with Crippen molar-refractivity contribution in [2.75, 3.05) is 26.2 Å².